The van der Waals surface area contributed by atoms with Crippen LogP contribution < -0.4 is 0 Å². The maximum Gasteiger partial charge on any atom is 0.320 e. The molecule has 18 heavy (non-hydrogen) atoms. The van der Waals surface area contributed by atoms with Gasteiger partial charge in [0.1, 0.15) is 5.60 Å². The summed E-state index contributed by atoms with van der Waals surface area (Å²) < 4.78 is 10.0. The molecule has 0 aliphatic rings. The highest BCUT2D eigenvalue weighted by Crippen LogP contribution is 2.07. The lowest BCUT2D eigenvalue weighted by Gasteiger charge is -2.23. The number of nitrogens with zero attached hydrogens (tertiary/aromatic N) is 1. The van der Waals surface area contributed by atoms with Crippen LogP contribution in [0.5, 0.6) is 0 Å². The molecule has 0 aromatic rings. The van der Waals surface area contributed by atoms with Gasteiger partial charge in [-0.25, -0.2) is 0 Å². The summed E-state index contributed by atoms with van der Waals surface area (Å²) in [5.74, 6) is -0.725. The zero-order valence-corrected chi connectivity index (χ0v) is 11.7. The van der Waals surface area contributed by atoms with E-state index in [2.05, 4.69) is 6.58 Å². The highest BCUT2D eigenvalue weighted by atomic mass is 16.6. The Morgan fingerprint density at radius 2 is 1.78 bits per heavy atom. The minimum atomic E-state index is -0.527. The molecule has 0 bridgehead atoms. The second-order valence-electron chi connectivity index (χ2n) is 4.85. The van der Waals surface area contributed by atoms with Crippen molar-refractivity contribution in [2.24, 2.45) is 0 Å². The third-order valence-corrected chi connectivity index (χ3v) is 1.82. The van der Waals surface area contributed by atoms with Gasteiger partial charge in [0.2, 0.25) is 0 Å². The molecule has 0 heterocycles. The number of hydrogen-bond acceptors (Lipinski definition) is 5. The van der Waals surface area contributed by atoms with E-state index < -0.39 is 5.60 Å². The number of rotatable bonds is 7. The van der Waals surface area contributed by atoms with Gasteiger partial charge in [0.05, 0.1) is 19.7 Å². The molecule has 0 saturated heterocycles. The summed E-state index contributed by atoms with van der Waals surface area (Å²) in [6.07, 6.45) is 1.63. The van der Waals surface area contributed by atoms with Gasteiger partial charge in [0, 0.05) is 6.54 Å². The van der Waals surface area contributed by atoms with Crippen LogP contribution in [0.4, 0.5) is 0 Å². The smallest absolute Gasteiger partial charge is 0.320 e. The monoisotopic (exact) mass is 257 g/mol. The van der Waals surface area contributed by atoms with E-state index in [9.17, 15) is 9.59 Å². The molecule has 5 nitrogen and oxygen atoms in total. The van der Waals surface area contributed by atoms with Gasteiger partial charge in [0.15, 0.2) is 0 Å². The van der Waals surface area contributed by atoms with Gasteiger partial charge in [0.25, 0.3) is 0 Å². The number of ether oxygens (including phenoxy) is 2. The summed E-state index contributed by atoms with van der Waals surface area (Å²) in [5, 5.41) is 0. The molecule has 0 aliphatic carbocycles. The van der Waals surface area contributed by atoms with Crippen LogP contribution in [0.25, 0.3) is 0 Å². The van der Waals surface area contributed by atoms with Crippen molar-refractivity contribution < 1.29 is 19.1 Å². The van der Waals surface area contributed by atoms with Gasteiger partial charge in [-0.1, -0.05) is 6.08 Å². The summed E-state index contributed by atoms with van der Waals surface area (Å²) in [6.45, 7) is 11.6. The van der Waals surface area contributed by atoms with Crippen LogP contribution in [0.1, 0.15) is 27.7 Å². The van der Waals surface area contributed by atoms with E-state index >= 15 is 0 Å². The Bertz CT molecular complexity index is 294. The van der Waals surface area contributed by atoms with Gasteiger partial charge in [-0.2, -0.15) is 0 Å². The Morgan fingerprint density at radius 3 is 2.22 bits per heavy atom. The molecular weight excluding hydrogens is 234 g/mol. The number of hydrogen-bond donors (Lipinski definition) is 0. The van der Waals surface area contributed by atoms with Crippen molar-refractivity contribution in [3.63, 3.8) is 0 Å². The average Bonchev–Trinajstić information content (AvgIpc) is 2.14. The zero-order chi connectivity index (χ0) is 14.2. The molecule has 0 fully saturated rings. The minimum absolute atomic E-state index is 0.0438. The predicted octanol–water partition coefficient (Wildman–Crippen LogP) is 1.38. The van der Waals surface area contributed by atoms with E-state index in [1.165, 1.54) is 0 Å². The lowest BCUT2D eigenvalue weighted by Crippen LogP contribution is -2.38. The highest BCUT2D eigenvalue weighted by molar-refractivity contribution is 5.75. The number of carbonyl (C=O) groups is 2. The summed E-state index contributed by atoms with van der Waals surface area (Å²) in [4.78, 5) is 24.6. The first kappa shape index (κ1) is 16.6. The normalized spacial score (nSPS) is 11.2. The number of carbonyl (C=O) groups excluding carboxylic acids is 2. The summed E-state index contributed by atoms with van der Waals surface area (Å²) in [5.41, 5.74) is -0.527. The van der Waals surface area contributed by atoms with Crippen molar-refractivity contribution in [3.8, 4) is 0 Å². The van der Waals surface area contributed by atoms with Crippen molar-refractivity contribution in [1.82, 2.24) is 4.90 Å². The molecule has 104 valence electrons. The molecule has 0 spiro atoms. The SMILES string of the molecule is C=CCN(CC(=O)OCC)CC(=O)OC(C)(C)C. The van der Waals surface area contributed by atoms with Crippen molar-refractivity contribution >= 4 is 11.9 Å². The van der Waals surface area contributed by atoms with E-state index in [-0.39, 0.29) is 25.0 Å². The Kier molecular flexibility index (Phi) is 7.27. The maximum atomic E-state index is 11.6. The second-order valence-corrected chi connectivity index (χ2v) is 4.85. The van der Waals surface area contributed by atoms with Crippen molar-refractivity contribution in [2.75, 3.05) is 26.2 Å². The van der Waals surface area contributed by atoms with Crippen LogP contribution in [-0.2, 0) is 19.1 Å². The molecule has 0 aromatic carbocycles. The number of esters is 2. The van der Waals surface area contributed by atoms with Crippen LogP contribution in [0, 0.1) is 0 Å². The fraction of sp³-hybridized carbons (Fsp3) is 0.692. The topological polar surface area (TPSA) is 55.8 Å². The third-order valence-electron chi connectivity index (χ3n) is 1.82. The molecule has 0 unspecified atom stereocenters. The molecule has 0 atom stereocenters. The van der Waals surface area contributed by atoms with Gasteiger partial charge >= 0.3 is 11.9 Å². The van der Waals surface area contributed by atoms with Gasteiger partial charge in [-0.3, -0.25) is 14.5 Å². The molecule has 0 saturated carbocycles. The quantitative estimate of drug-likeness (QED) is 0.509. The van der Waals surface area contributed by atoms with Crippen LogP contribution in [-0.4, -0.2) is 48.7 Å². The summed E-state index contributed by atoms with van der Waals surface area (Å²) in [7, 11) is 0. The van der Waals surface area contributed by atoms with Gasteiger partial charge < -0.3 is 9.47 Å². The van der Waals surface area contributed by atoms with E-state index in [4.69, 9.17) is 9.47 Å². The van der Waals surface area contributed by atoms with Crippen LogP contribution in [0.15, 0.2) is 12.7 Å². The molecule has 0 aliphatic heterocycles. The van der Waals surface area contributed by atoms with Crippen LogP contribution in [0.3, 0.4) is 0 Å². The third kappa shape index (κ3) is 8.75. The Morgan fingerprint density at radius 1 is 1.22 bits per heavy atom. The lowest BCUT2D eigenvalue weighted by atomic mass is 10.2. The Labute approximate surface area is 109 Å². The zero-order valence-electron chi connectivity index (χ0n) is 11.7. The van der Waals surface area contributed by atoms with E-state index in [1.54, 1.807) is 38.7 Å². The van der Waals surface area contributed by atoms with E-state index in [1.807, 2.05) is 0 Å². The standard InChI is InChI=1S/C13H23NO4/c1-6-8-14(9-11(15)17-7-2)10-12(16)18-13(3,4)5/h6H,1,7-10H2,2-5H3. The highest BCUT2D eigenvalue weighted by Gasteiger charge is 2.20. The average molecular weight is 257 g/mol. The van der Waals surface area contributed by atoms with E-state index in [0.29, 0.717) is 13.2 Å². The molecule has 0 rings (SSSR count). The van der Waals surface area contributed by atoms with E-state index in [0.717, 1.165) is 0 Å². The van der Waals surface area contributed by atoms with Crippen LogP contribution in [0.2, 0.25) is 0 Å². The second kappa shape index (κ2) is 7.87. The Balaban J connectivity index is 4.30. The molecular formula is C13H23NO4. The van der Waals surface area contributed by atoms with Crippen molar-refractivity contribution in [1.29, 1.82) is 0 Å². The molecule has 5 heteroatoms. The maximum absolute atomic E-state index is 11.6. The fourth-order valence-corrected chi connectivity index (χ4v) is 1.31. The Hall–Kier alpha value is -1.36. The first-order chi connectivity index (χ1) is 8.28. The fourth-order valence-electron chi connectivity index (χ4n) is 1.31. The summed E-state index contributed by atoms with van der Waals surface area (Å²) >= 11 is 0. The van der Waals surface area contributed by atoms with Gasteiger partial charge in [-0.15, -0.1) is 6.58 Å². The molecule has 0 aromatic heterocycles. The van der Waals surface area contributed by atoms with Crippen molar-refractivity contribution in [3.05, 3.63) is 12.7 Å². The summed E-state index contributed by atoms with van der Waals surface area (Å²) in [6, 6.07) is 0. The van der Waals surface area contributed by atoms with Crippen LogP contribution >= 0.6 is 0 Å². The first-order valence-corrected chi connectivity index (χ1v) is 5.99. The first-order valence-electron chi connectivity index (χ1n) is 5.99. The lowest BCUT2D eigenvalue weighted by molar-refractivity contribution is -0.156. The molecule has 0 amide bonds. The predicted molar refractivity (Wildman–Crippen MR) is 69.1 cm³/mol. The van der Waals surface area contributed by atoms with Crippen molar-refractivity contribution in [2.45, 2.75) is 33.3 Å². The molecule has 0 radical (unpaired) electrons. The van der Waals surface area contributed by atoms with Gasteiger partial charge in [-0.05, 0) is 27.7 Å². The molecule has 0 N–H and O–H groups in total. The minimum Gasteiger partial charge on any atom is -0.465 e. The largest absolute Gasteiger partial charge is 0.465 e.